The van der Waals surface area contributed by atoms with Gasteiger partial charge in [-0.15, -0.1) is 0 Å². The average molecular weight is 235 g/mol. The average Bonchev–Trinajstić information content (AvgIpc) is 2.72. The minimum Gasteiger partial charge on any atom is -0.481 e. The van der Waals surface area contributed by atoms with Crippen LogP contribution in [0.15, 0.2) is 16.7 Å². The van der Waals surface area contributed by atoms with Crippen LogP contribution in [-0.2, 0) is 6.54 Å². The molecule has 7 heteroatoms. The summed E-state index contributed by atoms with van der Waals surface area (Å²) in [5.41, 5.74) is 6.32. The second-order valence-electron chi connectivity index (χ2n) is 3.44. The van der Waals surface area contributed by atoms with Crippen LogP contribution in [0, 0.1) is 6.92 Å². The second-order valence-corrected chi connectivity index (χ2v) is 3.44. The van der Waals surface area contributed by atoms with Crippen molar-refractivity contribution < 1.29 is 9.26 Å². The van der Waals surface area contributed by atoms with Gasteiger partial charge in [-0.2, -0.15) is 9.97 Å². The van der Waals surface area contributed by atoms with Gasteiger partial charge in [-0.25, -0.2) is 0 Å². The highest BCUT2D eigenvalue weighted by molar-refractivity contribution is 5.42. The summed E-state index contributed by atoms with van der Waals surface area (Å²) in [6, 6.07) is 3.50. The van der Waals surface area contributed by atoms with Crippen LogP contribution in [0.1, 0.15) is 11.5 Å². The number of ether oxygens (including phenoxy) is 1. The van der Waals surface area contributed by atoms with E-state index in [9.17, 15) is 0 Å². The smallest absolute Gasteiger partial charge is 0.225 e. The van der Waals surface area contributed by atoms with Gasteiger partial charge in [-0.05, 0) is 6.92 Å². The fourth-order valence-electron chi connectivity index (χ4n) is 1.32. The Hall–Kier alpha value is -2.31. The van der Waals surface area contributed by atoms with Gasteiger partial charge in [0.05, 0.1) is 13.7 Å². The number of aryl methyl sites for hydroxylation is 1. The van der Waals surface area contributed by atoms with Gasteiger partial charge < -0.3 is 20.3 Å². The van der Waals surface area contributed by atoms with Crippen molar-refractivity contribution >= 4 is 11.8 Å². The molecule has 7 nitrogen and oxygen atoms in total. The van der Waals surface area contributed by atoms with Crippen LogP contribution in [-0.4, -0.2) is 22.2 Å². The Morgan fingerprint density at radius 2 is 2.24 bits per heavy atom. The largest absolute Gasteiger partial charge is 0.481 e. The van der Waals surface area contributed by atoms with E-state index in [-0.39, 0.29) is 5.95 Å². The molecule has 0 fully saturated rings. The van der Waals surface area contributed by atoms with Crippen molar-refractivity contribution in [2.24, 2.45) is 0 Å². The lowest BCUT2D eigenvalue weighted by Crippen LogP contribution is -2.05. The van der Waals surface area contributed by atoms with Crippen LogP contribution in [0.25, 0.3) is 0 Å². The summed E-state index contributed by atoms with van der Waals surface area (Å²) in [4.78, 5) is 7.90. The van der Waals surface area contributed by atoms with Crippen LogP contribution in [0.5, 0.6) is 5.88 Å². The van der Waals surface area contributed by atoms with Crippen molar-refractivity contribution in [1.82, 2.24) is 15.1 Å². The number of nitrogens with one attached hydrogen (secondary N) is 1. The monoisotopic (exact) mass is 235 g/mol. The third-order valence-electron chi connectivity index (χ3n) is 2.06. The predicted molar refractivity (Wildman–Crippen MR) is 61.6 cm³/mol. The van der Waals surface area contributed by atoms with Gasteiger partial charge in [0.25, 0.3) is 0 Å². The molecule has 0 spiro atoms. The van der Waals surface area contributed by atoms with Crippen LogP contribution < -0.4 is 15.8 Å². The molecule has 0 unspecified atom stereocenters. The molecule has 0 aliphatic carbocycles. The topological polar surface area (TPSA) is 99.1 Å². The number of hydrogen-bond donors (Lipinski definition) is 2. The Kier molecular flexibility index (Phi) is 3.08. The minimum atomic E-state index is 0.156. The van der Waals surface area contributed by atoms with E-state index in [0.717, 1.165) is 11.5 Å². The van der Waals surface area contributed by atoms with E-state index < -0.39 is 0 Å². The molecule has 2 aromatic rings. The van der Waals surface area contributed by atoms with Crippen molar-refractivity contribution in [3.8, 4) is 5.88 Å². The normalized spacial score (nSPS) is 10.2. The lowest BCUT2D eigenvalue weighted by molar-refractivity contribution is 0.391. The first-order chi connectivity index (χ1) is 8.17. The molecular formula is C10H13N5O2. The summed E-state index contributed by atoms with van der Waals surface area (Å²) in [5, 5.41) is 6.91. The molecule has 0 saturated carbocycles. The number of nitrogen functional groups attached to an aromatic ring is 1. The maximum atomic E-state index is 5.53. The van der Waals surface area contributed by atoms with Gasteiger partial charge in [0.15, 0.2) is 0 Å². The molecule has 17 heavy (non-hydrogen) atoms. The number of methoxy groups -OCH3 is 1. The molecular weight excluding hydrogens is 222 g/mol. The van der Waals surface area contributed by atoms with Gasteiger partial charge in [0.1, 0.15) is 17.3 Å². The molecule has 0 aromatic carbocycles. The van der Waals surface area contributed by atoms with Gasteiger partial charge in [-0.3, -0.25) is 0 Å². The molecule has 0 atom stereocenters. The van der Waals surface area contributed by atoms with E-state index in [1.807, 2.05) is 13.0 Å². The zero-order valence-electron chi connectivity index (χ0n) is 9.60. The molecule has 0 radical (unpaired) electrons. The van der Waals surface area contributed by atoms with E-state index in [0.29, 0.717) is 18.2 Å². The van der Waals surface area contributed by atoms with Crippen LogP contribution in [0.3, 0.4) is 0 Å². The summed E-state index contributed by atoms with van der Waals surface area (Å²) in [5.74, 6) is 1.91. The first-order valence-electron chi connectivity index (χ1n) is 5.02. The van der Waals surface area contributed by atoms with Crippen molar-refractivity contribution in [1.29, 1.82) is 0 Å². The van der Waals surface area contributed by atoms with Gasteiger partial charge >= 0.3 is 0 Å². The zero-order chi connectivity index (χ0) is 12.3. The predicted octanol–water partition coefficient (Wildman–Crippen LogP) is 0.976. The maximum absolute atomic E-state index is 5.53. The summed E-state index contributed by atoms with van der Waals surface area (Å²) in [6.07, 6.45) is 0. The highest BCUT2D eigenvalue weighted by atomic mass is 16.5. The number of anilines is 2. The zero-order valence-corrected chi connectivity index (χ0v) is 9.60. The van der Waals surface area contributed by atoms with E-state index in [2.05, 4.69) is 20.4 Å². The van der Waals surface area contributed by atoms with Gasteiger partial charge in [-0.1, -0.05) is 5.16 Å². The third-order valence-corrected chi connectivity index (χ3v) is 2.06. The Morgan fingerprint density at radius 1 is 1.41 bits per heavy atom. The lowest BCUT2D eigenvalue weighted by atomic mass is 10.4. The highest BCUT2D eigenvalue weighted by Gasteiger charge is 2.04. The Labute approximate surface area is 98.0 Å². The van der Waals surface area contributed by atoms with E-state index in [1.54, 1.807) is 6.07 Å². The molecule has 2 heterocycles. The fraction of sp³-hybridized carbons (Fsp3) is 0.300. The SMILES string of the molecule is COc1cc(NCc2cc(C)on2)nc(N)n1. The summed E-state index contributed by atoms with van der Waals surface area (Å²) < 4.78 is 9.94. The summed E-state index contributed by atoms with van der Waals surface area (Å²) in [7, 11) is 1.52. The number of nitrogens with two attached hydrogens (primary N) is 1. The molecule has 0 amide bonds. The molecule has 3 N–H and O–H groups in total. The van der Waals surface area contributed by atoms with Gasteiger partial charge in [0, 0.05) is 12.1 Å². The quantitative estimate of drug-likeness (QED) is 0.814. The molecule has 2 aromatic heterocycles. The Bertz CT molecular complexity index is 511. The first kappa shape index (κ1) is 11.2. The summed E-state index contributed by atoms with van der Waals surface area (Å²) in [6.45, 7) is 2.33. The second kappa shape index (κ2) is 4.69. The minimum absolute atomic E-state index is 0.156. The summed E-state index contributed by atoms with van der Waals surface area (Å²) >= 11 is 0. The van der Waals surface area contributed by atoms with E-state index >= 15 is 0 Å². The highest BCUT2D eigenvalue weighted by Crippen LogP contribution is 2.14. The Balaban J connectivity index is 2.05. The molecule has 90 valence electrons. The molecule has 2 rings (SSSR count). The lowest BCUT2D eigenvalue weighted by Gasteiger charge is -2.05. The number of aromatic nitrogens is 3. The Morgan fingerprint density at radius 3 is 2.88 bits per heavy atom. The molecule has 0 aliphatic rings. The third kappa shape index (κ3) is 2.83. The van der Waals surface area contributed by atoms with Crippen molar-refractivity contribution in [2.45, 2.75) is 13.5 Å². The number of nitrogens with zero attached hydrogens (tertiary/aromatic N) is 3. The standard InChI is InChI=1S/C10H13N5O2/c1-6-3-7(15-17-6)5-12-8-4-9(16-2)14-10(11)13-8/h3-4H,5H2,1-2H3,(H3,11,12,13,14). The van der Waals surface area contributed by atoms with E-state index in [1.165, 1.54) is 7.11 Å². The van der Waals surface area contributed by atoms with Crippen LogP contribution in [0.4, 0.5) is 11.8 Å². The molecule has 0 aliphatic heterocycles. The van der Waals surface area contributed by atoms with Crippen LogP contribution in [0.2, 0.25) is 0 Å². The van der Waals surface area contributed by atoms with Crippen molar-refractivity contribution in [3.05, 3.63) is 23.6 Å². The van der Waals surface area contributed by atoms with E-state index in [4.69, 9.17) is 15.0 Å². The fourth-order valence-corrected chi connectivity index (χ4v) is 1.32. The maximum Gasteiger partial charge on any atom is 0.225 e. The van der Waals surface area contributed by atoms with Crippen molar-refractivity contribution in [3.63, 3.8) is 0 Å². The van der Waals surface area contributed by atoms with Crippen LogP contribution >= 0.6 is 0 Å². The first-order valence-corrected chi connectivity index (χ1v) is 5.02. The molecule has 0 bridgehead atoms. The number of rotatable bonds is 4. The molecule has 0 saturated heterocycles. The number of hydrogen-bond acceptors (Lipinski definition) is 7. The van der Waals surface area contributed by atoms with Crippen molar-refractivity contribution in [2.75, 3.05) is 18.2 Å². The van der Waals surface area contributed by atoms with Gasteiger partial charge in [0.2, 0.25) is 11.8 Å².